The quantitative estimate of drug-likeness (QED) is 0.850. The third kappa shape index (κ3) is 2.82. The highest BCUT2D eigenvalue weighted by Crippen LogP contribution is 2.25. The lowest BCUT2D eigenvalue weighted by molar-refractivity contribution is 0.597. The fraction of sp³-hybridized carbons (Fsp3) is 0. The fourth-order valence-corrected chi connectivity index (χ4v) is 2.55. The third-order valence-electron chi connectivity index (χ3n) is 2.41. The third-order valence-corrected chi connectivity index (χ3v) is 3.77. The maximum Gasteiger partial charge on any atom is 0.262 e. The molecule has 0 aliphatic rings. The summed E-state index contributed by atoms with van der Waals surface area (Å²) < 4.78 is 52.2. The van der Waals surface area contributed by atoms with Crippen LogP contribution in [0.25, 0.3) is 0 Å². The molecule has 0 heterocycles. The van der Waals surface area contributed by atoms with Crippen LogP contribution in [0.3, 0.4) is 0 Å². The molecular weight excluding hydrogens is 274 g/mol. The van der Waals surface area contributed by atoms with Gasteiger partial charge in [-0.2, -0.15) is 0 Å². The van der Waals surface area contributed by atoms with Crippen molar-refractivity contribution in [2.24, 2.45) is 0 Å². The maximum atomic E-state index is 13.5. The van der Waals surface area contributed by atoms with E-state index < -0.39 is 21.7 Å². The molecule has 0 radical (unpaired) electrons. The second-order valence-corrected chi connectivity index (χ2v) is 5.45. The number of sulfonamides is 1. The Kier molecular flexibility index (Phi) is 3.39. The molecule has 0 aliphatic carbocycles. The molecule has 2 aromatic rings. The summed E-state index contributed by atoms with van der Waals surface area (Å²) in [5, 5.41) is 0. The van der Waals surface area contributed by atoms with E-state index in [2.05, 4.69) is 0 Å². The van der Waals surface area contributed by atoms with Crippen LogP contribution in [0.2, 0.25) is 0 Å². The summed E-state index contributed by atoms with van der Waals surface area (Å²) in [7, 11) is -4.01. The second-order valence-electron chi connectivity index (χ2n) is 3.76. The first-order valence-corrected chi connectivity index (χ1v) is 6.71. The topological polar surface area (TPSA) is 72.2 Å². The van der Waals surface area contributed by atoms with Crippen molar-refractivity contribution in [3.63, 3.8) is 0 Å². The highest BCUT2D eigenvalue weighted by molar-refractivity contribution is 7.92. The Balaban J connectivity index is 2.39. The van der Waals surface area contributed by atoms with Crippen molar-refractivity contribution in [1.29, 1.82) is 0 Å². The molecule has 7 heteroatoms. The van der Waals surface area contributed by atoms with Gasteiger partial charge in [0.1, 0.15) is 17.3 Å². The Hall–Kier alpha value is -2.15. The van der Waals surface area contributed by atoms with Crippen LogP contribution in [0.5, 0.6) is 0 Å². The predicted octanol–water partition coefficient (Wildman–Crippen LogP) is 2.35. The zero-order chi connectivity index (χ0) is 14.0. The average molecular weight is 284 g/mol. The van der Waals surface area contributed by atoms with Crippen LogP contribution in [0.15, 0.2) is 47.4 Å². The Morgan fingerprint density at radius 2 is 1.63 bits per heavy atom. The van der Waals surface area contributed by atoms with E-state index in [1.807, 2.05) is 4.72 Å². The number of benzene rings is 2. The first kappa shape index (κ1) is 13.3. The molecule has 2 aromatic carbocycles. The molecule has 0 fully saturated rings. The van der Waals surface area contributed by atoms with Crippen molar-refractivity contribution in [2.75, 3.05) is 10.5 Å². The van der Waals surface area contributed by atoms with E-state index in [1.54, 1.807) is 0 Å². The zero-order valence-corrected chi connectivity index (χ0v) is 10.4. The summed E-state index contributed by atoms with van der Waals surface area (Å²) in [5.41, 5.74) is 5.14. The molecule has 0 aliphatic heterocycles. The van der Waals surface area contributed by atoms with Gasteiger partial charge in [-0.15, -0.1) is 0 Å². The minimum Gasteiger partial charge on any atom is -0.397 e. The standard InChI is InChI=1S/C12H10F2N2O2S/c13-8-4-6-9(7-5-8)19(17,18)16-12-10(14)2-1-3-11(12)15/h1-7,16H,15H2. The Labute approximate surface area is 108 Å². The van der Waals surface area contributed by atoms with Crippen LogP contribution >= 0.6 is 0 Å². The minimum atomic E-state index is -4.01. The van der Waals surface area contributed by atoms with Gasteiger partial charge in [-0.3, -0.25) is 4.72 Å². The number of para-hydroxylation sites is 1. The monoisotopic (exact) mass is 284 g/mol. The molecule has 100 valence electrons. The van der Waals surface area contributed by atoms with Gasteiger partial charge in [-0.25, -0.2) is 17.2 Å². The van der Waals surface area contributed by atoms with E-state index in [9.17, 15) is 17.2 Å². The lowest BCUT2D eigenvalue weighted by Crippen LogP contribution is -2.15. The molecular formula is C12H10F2N2O2S. The van der Waals surface area contributed by atoms with Crippen molar-refractivity contribution < 1.29 is 17.2 Å². The summed E-state index contributed by atoms with van der Waals surface area (Å²) in [6, 6.07) is 7.97. The van der Waals surface area contributed by atoms with E-state index in [0.29, 0.717) is 0 Å². The fourth-order valence-electron chi connectivity index (χ4n) is 1.46. The lowest BCUT2D eigenvalue weighted by Gasteiger charge is -2.11. The molecule has 3 N–H and O–H groups in total. The largest absolute Gasteiger partial charge is 0.397 e. The molecule has 0 saturated carbocycles. The number of nitrogens with two attached hydrogens (primary N) is 1. The highest BCUT2D eigenvalue weighted by Gasteiger charge is 2.17. The first-order chi connectivity index (χ1) is 8.90. The lowest BCUT2D eigenvalue weighted by atomic mass is 10.3. The number of hydrogen-bond donors (Lipinski definition) is 2. The van der Waals surface area contributed by atoms with Crippen LogP contribution < -0.4 is 10.5 Å². The second kappa shape index (κ2) is 4.85. The van der Waals surface area contributed by atoms with E-state index in [4.69, 9.17) is 5.73 Å². The van der Waals surface area contributed by atoms with Crippen molar-refractivity contribution in [1.82, 2.24) is 0 Å². The molecule has 2 rings (SSSR count). The Bertz CT molecular complexity index is 680. The summed E-state index contributed by atoms with van der Waals surface area (Å²) in [5.74, 6) is -1.35. The SMILES string of the molecule is Nc1cccc(F)c1NS(=O)(=O)c1ccc(F)cc1. The summed E-state index contributed by atoms with van der Waals surface area (Å²) in [6.07, 6.45) is 0. The average Bonchev–Trinajstić information content (AvgIpc) is 2.35. The Morgan fingerprint density at radius 3 is 2.21 bits per heavy atom. The van der Waals surface area contributed by atoms with Crippen LogP contribution in [0, 0.1) is 11.6 Å². The number of rotatable bonds is 3. The van der Waals surface area contributed by atoms with Gasteiger partial charge in [0.15, 0.2) is 0 Å². The molecule has 0 atom stereocenters. The molecule has 0 bridgehead atoms. The van der Waals surface area contributed by atoms with Gasteiger partial charge in [0, 0.05) is 0 Å². The van der Waals surface area contributed by atoms with Gasteiger partial charge in [-0.05, 0) is 36.4 Å². The predicted molar refractivity (Wildman–Crippen MR) is 68.0 cm³/mol. The molecule has 0 unspecified atom stereocenters. The molecule has 4 nitrogen and oxygen atoms in total. The number of anilines is 2. The summed E-state index contributed by atoms with van der Waals surface area (Å²) in [4.78, 5) is -0.184. The van der Waals surface area contributed by atoms with Crippen molar-refractivity contribution in [3.05, 3.63) is 54.1 Å². The van der Waals surface area contributed by atoms with Crippen molar-refractivity contribution >= 4 is 21.4 Å². The van der Waals surface area contributed by atoms with E-state index in [-0.39, 0.29) is 16.3 Å². The van der Waals surface area contributed by atoms with Crippen molar-refractivity contribution in [3.8, 4) is 0 Å². The van der Waals surface area contributed by atoms with Gasteiger partial charge in [-0.1, -0.05) is 6.07 Å². The smallest absolute Gasteiger partial charge is 0.262 e. The molecule has 19 heavy (non-hydrogen) atoms. The Morgan fingerprint density at radius 1 is 1.00 bits per heavy atom. The number of nitrogens with one attached hydrogen (secondary N) is 1. The maximum absolute atomic E-state index is 13.5. The van der Waals surface area contributed by atoms with Gasteiger partial charge in [0.05, 0.1) is 10.6 Å². The van der Waals surface area contributed by atoms with E-state index in [1.165, 1.54) is 12.1 Å². The van der Waals surface area contributed by atoms with Crippen molar-refractivity contribution in [2.45, 2.75) is 4.90 Å². The molecule has 0 saturated heterocycles. The van der Waals surface area contributed by atoms with Crippen LogP contribution in [0.1, 0.15) is 0 Å². The van der Waals surface area contributed by atoms with Gasteiger partial charge in [0.25, 0.3) is 10.0 Å². The van der Waals surface area contributed by atoms with Crippen LogP contribution in [-0.2, 0) is 10.0 Å². The number of nitrogen functional groups attached to an aromatic ring is 1. The van der Waals surface area contributed by atoms with Gasteiger partial charge < -0.3 is 5.73 Å². The molecule has 0 aromatic heterocycles. The molecule has 0 amide bonds. The summed E-state index contributed by atoms with van der Waals surface area (Å²) in [6.45, 7) is 0. The highest BCUT2D eigenvalue weighted by atomic mass is 32.2. The van der Waals surface area contributed by atoms with Gasteiger partial charge in [0.2, 0.25) is 0 Å². The minimum absolute atomic E-state index is 0.0364. The first-order valence-electron chi connectivity index (χ1n) is 5.22. The zero-order valence-electron chi connectivity index (χ0n) is 9.60. The van der Waals surface area contributed by atoms with E-state index in [0.717, 1.165) is 30.3 Å². The molecule has 0 spiro atoms. The van der Waals surface area contributed by atoms with Gasteiger partial charge >= 0.3 is 0 Å². The van der Waals surface area contributed by atoms with Crippen LogP contribution in [-0.4, -0.2) is 8.42 Å². The number of halogens is 2. The number of hydrogen-bond acceptors (Lipinski definition) is 3. The summed E-state index contributed by atoms with van der Waals surface area (Å²) >= 11 is 0. The normalized spacial score (nSPS) is 11.3. The van der Waals surface area contributed by atoms with E-state index >= 15 is 0 Å². The van der Waals surface area contributed by atoms with Crippen LogP contribution in [0.4, 0.5) is 20.2 Å².